The first-order chi connectivity index (χ1) is 30.1. The van der Waals surface area contributed by atoms with E-state index in [0.717, 1.165) is 42.8 Å². The van der Waals surface area contributed by atoms with Crippen LogP contribution >= 0.6 is 0 Å². The normalized spacial score (nSPS) is 25.3. The number of alkyl halides is 6. The van der Waals surface area contributed by atoms with E-state index in [9.17, 15) is 75.8 Å². The van der Waals surface area contributed by atoms with E-state index in [-0.39, 0.29) is 17.8 Å². The van der Waals surface area contributed by atoms with Crippen LogP contribution in [0, 0.1) is 0 Å². The molecule has 0 radical (unpaired) electrons. The number of urea groups is 2. The third-order valence-electron chi connectivity index (χ3n) is 10.1. The summed E-state index contributed by atoms with van der Waals surface area (Å²) < 4.78 is 97.9. The van der Waals surface area contributed by atoms with E-state index in [4.69, 9.17) is 14.2 Å². The molecule has 0 bridgehead atoms. The topological polar surface area (TPSA) is 286 Å². The van der Waals surface area contributed by atoms with Crippen LogP contribution < -0.4 is 31.9 Å². The van der Waals surface area contributed by atoms with Crippen LogP contribution in [0.25, 0.3) is 0 Å². The predicted molar refractivity (Wildman–Crippen MR) is 209 cm³/mol. The predicted octanol–water partition coefficient (Wildman–Crippen LogP) is 2.03. The molecule has 2 aromatic carbocycles. The van der Waals surface area contributed by atoms with Crippen molar-refractivity contribution in [2.75, 3.05) is 30.5 Å². The second-order valence-corrected chi connectivity index (χ2v) is 14.9. The third kappa shape index (κ3) is 14.6. The molecule has 4 unspecified atom stereocenters. The Hall–Kier alpha value is -5.31. The molecule has 0 saturated carbocycles. The van der Waals surface area contributed by atoms with Gasteiger partial charge in [0, 0.05) is 24.2 Å². The van der Waals surface area contributed by atoms with E-state index in [2.05, 4.69) is 31.9 Å². The number of benzene rings is 2. The van der Waals surface area contributed by atoms with Crippen molar-refractivity contribution >= 4 is 41.2 Å². The van der Waals surface area contributed by atoms with Crippen molar-refractivity contribution in [3.05, 3.63) is 59.7 Å². The highest BCUT2D eigenvalue weighted by atomic mass is 19.4. The van der Waals surface area contributed by atoms with Crippen LogP contribution in [0.3, 0.4) is 0 Å². The number of amides is 6. The summed E-state index contributed by atoms with van der Waals surface area (Å²) in [5.41, 5.74) is -2.91. The van der Waals surface area contributed by atoms with Crippen molar-refractivity contribution in [3.63, 3.8) is 0 Å². The summed E-state index contributed by atoms with van der Waals surface area (Å²) in [6.45, 7) is -0.469. The Kier molecular flexibility index (Phi) is 18.5. The van der Waals surface area contributed by atoms with Gasteiger partial charge >= 0.3 is 30.4 Å². The molecule has 64 heavy (non-hydrogen) atoms. The number of anilines is 2. The number of nitrogens with one attached hydrogen (secondary N) is 6. The van der Waals surface area contributed by atoms with Gasteiger partial charge in [-0.1, -0.05) is 31.9 Å². The Morgan fingerprint density at radius 2 is 1.34 bits per heavy atom. The van der Waals surface area contributed by atoms with Crippen molar-refractivity contribution in [2.24, 2.45) is 0 Å². The molecule has 4 rings (SSSR count). The molecule has 19 nitrogen and oxygen atoms in total. The van der Waals surface area contributed by atoms with Crippen molar-refractivity contribution in [2.45, 2.75) is 119 Å². The van der Waals surface area contributed by atoms with Crippen LogP contribution in [0.5, 0.6) is 0 Å². The van der Waals surface area contributed by atoms with E-state index in [1.807, 2.05) is 6.92 Å². The first-order valence-electron chi connectivity index (χ1n) is 20.0. The molecular formula is C39H50F6N6O13. The summed E-state index contributed by atoms with van der Waals surface area (Å²) in [5.74, 6) is -2.93. The van der Waals surface area contributed by atoms with Gasteiger partial charge < -0.3 is 71.6 Å². The summed E-state index contributed by atoms with van der Waals surface area (Å²) in [6, 6.07) is -1.81. The van der Waals surface area contributed by atoms with Crippen LogP contribution in [0.15, 0.2) is 48.5 Å². The molecule has 2 heterocycles. The summed E-state index contributed by atoms with van der Waals surface area (Å²) in [4.78, 5) is 64.4. The number of unbranched alkanes of at least 4 members (excludes halogenated alkanes) is 2. The van der Waals surface area contributed by atoms with Gasteiger partial charge in [-0.15, -0.1) is 0 Å². The summed E-state index contributed by atoms with van der Waals surface area (Å²) >= 11 is 0. The number of ether oxygens (including phenoxy) is 3. The number of carboxylic acids is 1. The molecule has 6 amide bonds. The number of hydrogen-bond donors (Lipinski definition) is 11. The van der Waals surface area contributed by atoms with Crippen LogP contribution in [0.4, 0.5) is 47.3 Å². The maximum absolute atomic E-state index is 13.5. The van der Waals surface area contributed by atoms with Gasteiger partial charge in [0.05, 0.1) is 43.0 Å². The van der Waals surface area contributed by atoms with Crippen LogP contribution in [0.2, 0.25) is 0 Å². The molecule has 0 aromatic heterocycles. The first kappa shape index (κ1) is 51.3. The zero-order valence-corrected chi connectivity index (χ0v) is 34.0. The van der Waals surface area contributed by atoms with Crippen molar-refractivity contribution < 1.29 is 90.1 Å². The standard InChI is InChI=1S/C39H50F6N6O13/c1-2-3-4-11-27(54)48-23(34(58)59)12-13-28(55)50-29-25(16-52)62-18-24(49-36(60)46-21-9-5-7-19(14-21)38(40,41)42)33(29)64-35-30(32(57)31(56)26(17-53)63-35)51-37(61)47-22-10-6-8-20(15-22)39(43,44)45/h5-10,14-15,23-26,29-33,35,52-53,56-57H,2-4,11-13,16-18H2,1H3,(H,48,54)(H,50,55)(H,58,59)(H2,46,49,60)(H2,47,51,61)/t23-,24?,25?,26?,29+,30?,31-,32-,33-,35+/m1/s1. The van der Waals surface area contributed by atoms with Crippen molar-refractivity contribution in [1.82, 2.24) is 21.3 Å². The van der Waals surface area contributed by atoms with Gasteiger partial charge in [0.25, 0.3) is 0 Å². The Bertz CT molecular complexity index is 1910. The molecule has 2 saturated heterocycles. The minimum atomic E-state index is -4.79. The first-order valence-corrected chi connectivity index (χ1v) is 20.0. The number of halogens is 6. The van der Waals surface area contributed by atoms with Gasteiger partial charge in [0.15, 0.2) is 6.29 Å². The lowest BCUT2D eigenvalue weighted by Gasteiger charge is -2.47. The number of carboxylic acid groups (broad SMARTS) is 1. The zero-order valence-electron chi connectivity index (χ0n) is 34.0. The summed E-state index contributed by atoms with van der Waals surface area (Å²) in [5, 5.41) is 65.9. The fraction of sp³-hybridized carbons (Fsp3) is 0.564. The number of carbonyl (C=O) groups is 5. The number of aliphatic hydroxyl groups is 4. The van der Waals surface area contributed by atoms with Gasteiger partial charge in [-0.3, -0.25) is 9.59 Å². The third-order valence-corrected chi connectivity index (χ3v) is 10.1. The summed E-state index contributed by atoms with van der Waals surface area (Å²) in [6.07, 6.45) is -19.2. The van der Waals surface area contributed by atoms with Crippen LogP contribution in [-0.2, 0) is 40.9 Å². The van der Waals surface area contributed by atoms with Gasteiger partial charge in [0.1, 0.15) is 42.6 Å². The smallest absolute Gasteiger partial charge is 0.416 e. The lowest BCUT2D eigenvalue weighted by atomic mass is 9.93. The lowest BCUT2D eigenvalue weighted by Crippen LogP contribution is -2.70. The Balaban J connectivity index is 1.64. The SMILES string of the molecule is CCCCCC(=O)N[C@H](CCC(=O)N[C@H]1C(CO)OCC(NC(=O)Nc2cccc(C(F)(F)F)c2)[C@H]1O[C@@H]1OC(CO)[C@@H](O)[C@H](O)C1NC(=O)Nc1cccc(C(F)(F)F)c1)C(=O)O. The minimum absolute atomic E-state index is 0.0328. The fourth-order valence-corrected chi connectivity index (χ4v) is 6.83. The molecule has 10 atom stereocenters. The number of carbonyl (C=O) groups excluding carboxylic acids is 4. The maximum atomic E-state index is 13.5. The zero-order chi connectivity index (χ0) is 47.4. The highest BCUT2D eigenvalue weighted by molar-refractivity contribution is 5.90. The second-order valence-electron chi connectivity index (χ2n) is 14.9. The molecule has 0 spiro atoms. The number of aliphatic carboxylic acids is 1. The fourth-order valence-electron chi connectivity index (χ4n) is 6.83. The highest BCUT2D eigenvalue weighted by Crippen LogP contribution is 2.33. The molecule has 2 aromatic rings. The monoisotopic (exact) mass is 924 g/mol. The molecule has 2 aliphatic rings. The van der Waals surface area contributed by atoms with E-state index >= 15 is 0 Å². The molecule has 2 aliphatic heterocycles. The van der Waals surface area contributed by atoms with Crippen molar-refractivity contribution in [3.8, 4) is 0 Å². The molecule has 11 N–H and O–H groups in total. The van der Waals surface area contributed by atoms with Gasteiger partial charge in [0.2, 0.25) is 11.8 Å². The second kappa shape index (κ2) is 23.0. The number of aliphatic hydroxyl groups excluding tert-OH is 4. The molecular weight excluding hydrogens is 874 g/mol. The van der Waals surface area contributed by atoms with Crippen molar-refractivity contribution in [1.29, 1.82) is 0 Å². The van der Waals surface area contributed by atoms with E-state index in [1.165, 1.54) is 0 Å². The number of rotatable bonds is 18. The largest absolute Gasteiger partial charge is 0.480 e. The molecule has 356 valence electrons. The minimum Gasteiger partial charge on any atom is -0.480 e. The van der Waals surface area contributed by atoms with Gasteiger partial charge in [-0.2, -0.15) is 26.3 Å². The lowest BCUT2D eigenvalue weighted by molar-refractivity contribution is -0.293. The van der Waals surface area contributed by atoms with Crippen LogP contribution in [0.1, 0.15) is 56.6 Å². The maximum Gasteiger partial charge on any atom is 0.416 e. The Labute approximate surface area is 361 Å². The molecule has 2 fully saturated rings. The Morgan fingerprint density at radius 1 is 0.766 bits per heavy atom. The van der Waals surface area contributed by atoms with E-state index in [0.29, 0.717) is 25.0 Å². The van der Waals surface area contributed by atoms with E-state index in [1.54, 1.807) is 0 Å². The average molecular weight is 925 g/mol. The Morgan fingerprint density at radius 3 is 1.88 bits per heavy atom. The molecule has 0 aliphatic carbocycles. The molecule has 25 heteroatoms. The number of hydrogen-bond acceptors (Lipinski definition) is 12. The van der Waals surface area contributed by atoms with Gasteiger partial charge in [-0.05, 0) is 49.2 Å². The van der Waals surface area contributed by atoms with Crippen LogP contribution in [-0.4, -0.2) is 136 Å². The van der Waals surface area contributed by atoms with E-state index < -0.39 is 147 Å². The summed E-state index contributed by atoms with van der Waals surface area (Å²) in [7, 11) is 0. The average Bonchev–Trinajstić information content (AvgIpc) is 3.22. The highest BCUT2D eigenvalue weighted by Gasteiger charge is 2.50. The van der Waals surface area contributed by atoms with Gasteiger partial charge in [-0.25, -0.2) is 14.4 Å². The quantitative estimate of drug-likeness (QED) is 0.0755.